The van der Waals surface area contributed by atoms with Crippen LogP contribution in [0.1, 0.15) is 38.5 Å². The molecule has 3 N–H and O–H groups in total. The molecule has 0 atom stereocenters. The van der Waals surface area contributed by atoms with Crippen LogP contribution in [0.15, 0.2) is 40.3 Å². The minimum Gasteiger partial charge on any atom is -0.469 e. The van der Waals surface area contributed by atoms with Gasteiger partial charge in [0.05, 0.1) is 23.9 Å². The number of nitrogens with zero attached hydrogens (tertiary/aromatic N) is 1. The number of carbonyl (C=O) groups is 2. The highest BCUT2D eigenvalue weighted by atomic mass is 32.1. The molecule has 28 heavy (non-hydrogen) atoms. The SMILES string of the molecule is Cc1occc1C(=O)Nc1nc(CC(=O)NCc2ccc3c(c2)CNC3)cs1. The zero-order chi connectivity index (χ0) is 19.5. The number of aryl methyl sites for hydroxylation is 1. The van der Waals surface area contributed by atoms with Crippen molar-refractivity contribution in [1.82, 2.24) is 15.6 Å². The Morgan fingerprint density at radius 3 is 2.93 bits per heavy atom. The number of aromatic nitrogens is 1. The summed E-state index contributed by atoms with van der Waals surface area (Å²) in [5.41, 5.74) is 4.79. The molecule has 0 radical (unpaired) electrons. The lowest BCUT2D eigenvalue weighted by atomic mass is 10.1. The molecule has 3 aromatic rings. The van der Waals surface area contributed by atoms with Gasteiger partial charge < -0.3 is 15.1 Å². The molecule has 0 unspecified atom stereocenters. The molecular weight excluding hydrogens is 376 g/mol. The fourth-order valence-electron chi connectivity index (χ4n) is 3.12. The molecule has 8 heteroatoms. The van der Waals surface area contributed by atoms with Crippen LogP contribution in [0, 0.1) is 6.92 Å². The zero-order valence-electron chi connectivity index (χ0n) is 15.4. The van der Waals surface area contributed by atoms with Gasteiger partial charge in [-0.1, -0.05) is 18.2 Å². The van der Waals surface area contributed by atoms with E-state index >= 15 is 0 Å². The van der Waals surface area contributed by atoms with Crippen LogP contribution in [0.5, 0.6) is 0 Å². The predicted molar refractivity (Wildman–Crippen MR) is 106 cm³/mol. The molecule has 1 aromatic carbocycles. The average molecular weight is 396 g/mol. The summed E-state index contributed by atoms with van der Waals surface area (Å²) in [6, 6.07) is 7.89. The van der Waals surface area contributed by atoms with Crippen molar-refractivity contribution in [3.8, 4) is 0 Å². The first-order valence-corrected chi connectivity index (χ1v) is 9.84. The Morgan fingerprint density at radius 2 is 2.11 bits per heavy atom. The smallest absolute Gasteiger partial charge is 0.260 e. The van der Waals surface area contributed by atoms with Gasteiger partial charge in [-0.25, -0.2) is 4.98 Å². The first-order chi connectivity index (χ1) is 13.6. The molecule has 4 rings (SSSR count). The highest BCUT2D eigenvalue weighted by molar-refractivity contribution is 7.14. The predicted octanol–water partition coefficient (Wildman–Crippen LogP) is 2.76. The van der Waals surface area contributed by atoms with Gasteiger partial charge in [0.25, 0.3) is 5.91 Å². The van der Waals surface area contributed by atoms with Crippen LogP contribution in [-0.2, 0) is 30.8 Å². The lowest BCUT2D eigenvalue weighted by Crippen LogP contribution is -2.24. The molecule has 0 saturated heterocycles. The lowest BCUT2D eigenvalue weighted by molar-refractivity contribution is -0.120. The summed E-state index contributed by atoms with van der Waals surface area (Å²) >= 11 is 1.29. The van der Waals surface area contributed by atoms with Gasteiger partial charge in [-0.2, -0.15) is 0 Å². The van der Waals surface area contributed by atoms with Crippen molar-refractivity contribution >= 4 is 28.3 Å². The van der Waals surface area contributed by atoms with Crippen LogP contribution < -0.4 is 16.0 Å². The van der Waals surface area contributed by atoms with E-state index in [2.05, 4.69) is 33.1 Å². The Labute approximate surface area is 166 Å². The molecular formula is C20H20N4O3S. The van der Waals surface area contributed by atoms with Crippen molar-refractivity contribution in [3.05, 3.63) is 69.6 Å². The Kier molecular flexibility index (Phi) is 5.23. The van der Waals surface area contributed by atoms with Gasteiger partial charge in [-0.15, -0.1) is 11.3 Å². The standard InChI is InChI=1S/C20H20N4O3S/c1-12-17(4-5-27-12)19(26)24-20-23-16(11-28-20)7-18(25)22-8-13-2-3-14-9-21-10-15(14)6-13/h2-6,11,21H,7-10H2,1H3,(H,22,25)(H,23,24,26). The fourth-order valence-corrected chi connectivity index (χ4v) is 3.82. The van der Waals surface area contributed by atoms with Crippen molar-refractivity contribution in [1.29, 1.82) is 0 Å². The van der Waals surface area contributed by atoms with E-state index in [4.69, 9.17) is 4.42 Å². The molecule has 0 saturated carbocycles. The summed E-state index contributed by atoms with van der Waals surface area (Å²) in [4.78, 5) is 28.7. The van der Waals surface area contributed by atoms with Gasteiger partial charge in [0.2, 0.25) is 5.91 Å². The molecule has 1 aliphatic rings. The van der Waals surface area contributed by atoms with E-state index in [9.17, 15) is 9.59 Å². The Balaban J connectivity index is 1.29. The van der Waals surface area contributed by atoms with Gasteiger partial charge in [0.1, 0.15) is 5.76 Å². The number of anilines is 1. The van der Waals surface area contributed by atoms with Crippen molar-refractivity contribution in [2.45, 2.75) is 33.0 Å². The lowest BCUT2D eigenvalue weighted by Gasteiger charge is -2.06. The van der Waals surface area contributed by atoms with E-state index in [1.54, 1.807) is 18.4 Å². The van der Waals surface area contributed by atoms with E-state index in [0.29, 0.717) is 28.7 Å². The molecule has 0 aliphatic carbocycles. The number of carbonyl (C=O) groups excluding carboxylic acids is 2. The van der Waals surface area contributed by atoms with Gasteiger partial charge in [-0.05, 0) is 29.7 Å². The number of hydrogen-bond donors (Lipinski definition) is 3. The molecule has 2 aromatic heterocycles. The van der Waals surface area contributed by atoms with Crippen LogP contribution in [0.2, 0.25) is 0 Å². The highest BCUT2D eigenvalue weighted by Crippen LogP contribution is 2.19. The molecule has 2 amide bonds. The summed E-state index contributed by atoms with van der Waals surface area (Å²) in [5.74, 6) is 0.172. The summed E-state index contributed by atoms with van der Waals surface area (Å²) in [5, 5.41) is 11.2. The van der Waals surface area contributed by atoms with E-state index < -0.39 is 0 Å². The Bertz CT molecular complexity index is 1020. The zero-order valence-corrected chi connectivity index (χ0v) is 16.2. The Morgan fingerprint density at radius 1 is 1.25 bits per heavy atom. The fraction of sp³-hybridized carbons (Fsp3) is 0.250. The molecule has 0 spiro atoms. The van der Waals surface area contributed by atoms with Crippen LogP contribution in [0.3, 0.4) is 0 Å². The van der Waals surface area contributed by atoms with Crippen LogP contribution in [0.4, 0.5) is 5.13 Å². The summed E-state index contributed by atoms with van der Waals surface area (Å²) in [7, 11) is 0. The minimum atomic E-state index is -0.275. The maximum absolute atomic E-state index is 12.2. The van der Waals surface area contributed by atoms with Crippen LogP contribution in [0.25, 0.3) is 0 Å². The second kappa shape index (κ2) is 7.95. The van der Waals surface area contributed by atoms with Crippen LogP contribution in [-0.4, -0.2) is 16.8 Å². The molecule has 0 fully saturated rings. The number of furan rings is 1. The van der Waals surface area contributed by atoms with Crippen molar-refractivity contribution in [2.24, 2.45) is 0 Å². The number of thiazole rings is 1. The summed E-state index contributed by atoms with van der Waals surface area (Å²) < 4.78 is 5.13. The van der Waals surface area contributed by atoms with Gasteiger partial charge >= 0.3 is 0 Å². The number of nitrogens with one attached hydrogen (secondary N) is 3. The number of amides is 2. The van der Waals surface area contributed by atoms with E-state index in [0.717, 1.165) is 18.7 Å². The Hall–Kier alpha value is -2.97. The average Bonchev–Trinajstić information content (AvgIpc) is 3.40. The summed E-state index contributed by atoms with van der Waals surface area (Å²) in [6.07, 6.45) is 1.64. The number of hydrogen-bond acceptors (Lipinski definition) is 6. The molecule has 144 valence electrons. The third kappa shape index (κ3) is 4.13. The minimum absolute atomic E-state index is 0.104. The number of rotatable bonds is 6. The van der Waals surface area contributed by atoms with E-state index in [-0.39, 0.29) is 18.2 Å². The van der Waals surface area contributed by atoms with Gasteiger partial charge in [0, 0.05) is 25.0 Å². The maximum Gasteiger partial charge on any atom is 0.260 e. The van der Waals surface area contributed by atoms with Crippen LogP contribution >= 0.6 is 11.3 Å². The topological polar surface area (TPSA) is 96.3 Å². The molecule has 1 aliphatic heterocycles. The normalized spacial score (nSPS) is 12.6. The number of benzene rings is 1. The second-order valence-electron chi connectivity index (χ2n) is 6.65. The number of fused-ring (bicyclic) bond motifs is 1. The molecule has 3 heterocycles. The van der Waals surface area contributed by atoms with Crippen molar-refractivity contribution in [3.63, 3.8) is 0 Å². The maximum atomic E-state index is 12.2. The summed E-state index contributed by atoms with van der Waals surface area (Å²) in [6.45, 7) is 4.00. The largest absolute Gasteiger partial charge is 0.469 e. The van der Waals surface area contributed by atoms with E-state index in [1.165, 1.54) is 28.7 Å². The van der Waals surface area contributed by atoms with Crippen molar-refractivity contribution in [2.75, 3.05) is 5.32 Å². The third-order valence-electron chi connectivity index (χ3n) is 4.61. The third-order valence-corrected chi connectivity index (χ3v) is 5.42. The molecule has 0 bridgehead atoms. The quantitative estimate of drug-likeness (QED) is 0.595. The molecule has 7 nitrogen and oxygen atoms in total. The monoisotopic (exact) mass is 396 g/mol. The van der Waals surface area contributed by atoms with E-state index in [1.807, 2.05) is 6.07 Å². The van der Waals surface area contributed by atoms with Gasteiger partial charge in [-0.3, -0.25) is 14.9 Å². The van der Waals surface area contributed by atoms with Gasteiger partial charge in [0.15, 0.2) is 5.13 Å². The van der Waals surface area contributed by atoms with Crippen molar-refractivity contribution < 1.29 is 14.0 Å². The first-order valence-electron chi connectivity index (χ1n) is 8.96. The highest BCUT2D eigenvalue weighted by Gasteiger charge is 2.15. The first kappa shape index (κ1) is 18.4. The second-order valence-corrected chi connectivity index (χ2v) is 7.51.